The SMILES string of the molecule is C=C1C(c2ccc(Cl)cc2)=CC(=O)N1/C=C1\NC(=O)C=C1c1ccc(Br)cc1. The van der Waals surface area contributed by atoms with Crippen molar-refractivity contribution >= 4 is 50.5 Å². The highest BCUT2D eigenvalue weighted by Gasteiger charge is 2.28. The number of allylic oxidation sites excluding steroid dienone is 2. The molecule has 6 heteroatoms. The molecule has 138 valence electrons. The minimum atomic E-state index is -0.229. The van der Waals surface area contributed by atoms with Gasteiger partial charge in [0.1, 0.15) is 0 Å². The fourth-order valence-electron chi connectivity index (χ4n) is 3.10. The van der Waals surface area contributed by atoms with E-state index in [0.717, 1.165) is 26.7 Å². The van der Waals surface area contributed by atoms with Crippen LogP contribution in [0.25, 0.3) is 11.1 Å². The second-order valence-corrected chi connectivity index (χ2v) is 7.67. The number of carbonyl (C=O) groups excluding carboxylic acids is 2. The molecule has 4 nitrogen and oxygen atoms in total. The van der Waals surface area contributed by atoms with E-state index in [1.165, 1.54) is 17.1 Å². The molecule has 2 aliphatic heterocycles. The second kappa shape index (κ2) is 7.26. The summed E-state index contributed by atoms with van der Waals surface area (Å²) < 4.78 is 0.944. The Kier molecular flexibility index (Phi) is 4.79. The Bertz CT molecular complexity index is 1100. The van der Waals surface area contributed by atoms with Gasteiger partial charge in [0.05, 0.1) is 5.70 Å². The summed E-state index contributed by atoms with van der Waals surface area (Å²) in [6, 6.07) is 14.8. The van der Waals surface area contributed by atoms with Crippen LogP contribution in [0.15, 0.2) is 89.3 Å². The van der Waals surface area contributed by atoms with Gasteiger partial charge in [-0.05, 0) is 35.4 Å². The van der Waals surface area contributed by atoms with Gasteiger partial charge in [-0.2, -0.15) is 0 Å². The van der Waals surface area contributed by atoms with E-state index in [1.54, 1.807) is 18.3 Å². The normalized spacial score (nSPS) is 17.9. The van der Waals surface area contributed by atoms with Crippen molar-refractivity contribution < 1.29 is 9.59 Å². The van der Waals surface area contributed by atoms with E-state index < -0.39 is 0 Å². The summed E-state index contributed by atoms with van der Waals surface area (Å²) >= 11 is 9.35. The maximum absolute atomic E-state index is 12.6. The van der Waals surface area contributed by atoms with Gasteiger partial charge in [-0.1, -0.05) is 58.4 Å². The quantitative estimate of drug-likeness (QED) is 0.719. The third kappa shape index (κ3) is 3.46. The zero-order chi connectivity index (χ0) is 19.8. The minimum Gasteiger partial charge on any atom is -0.321 e. The summed E-state index contributed by atoms with van der Waals surface area (Å²) in [7, 11) is 0. The predicted octanol–water partition coefficient (Wildman–Crippen LogP) is 4.90. The van der Waals surface area contributed by atoms with Gasteiger partial charge in [-0.3, -0.25) is 14.5 Å². The van der Waals surface area contributed by atoms with Gasteiger partial charge in [0.25, 0.3) is 5.91 Å². The fraction of sp³-hybridized carbons (Fsp3) is 0. The summed E-state index contributed by atoms with van der Waals surface area (Å²) in [4.78, 5) is 26.0. The Morgan fingerprint density at radius 3 is 2.21 bits per heavy atom. The van der Waals surface area contributed by atoms with E-state index in [0.29, 0.717) is 16.4 Å². The number of benzene rings is 2. The van der Waals surface area contributed by atoms with E-state index in [1.807, 2.05) is 36.4 Å². The molecule has 2 aromatic carbocycles. The van der Waals surface area contributed by atoms with E-state index in [9.17, 15) is 9.59 Å². The zero-order valence-corrected chi connectivity index (χ0v) is 16.9. The Morgan fingerprint density at radius 2 is 1.54 bits per heavy atom. The molecule has 0 spiro atoms. The zero-order valence-electron chi connectivity index (χ0n) is 14.6. The highest BCUT2D eigenvalue weighted by atomic mass is 79.9. The van der Waals surface area contributed by atoms with Crippen LogP contribution in [0.5, 0.6) is 0 Å². The maximum atomic E-state index is 12.6. The molecule has 2 aromatic rings. The van der Waals surface area contributed by atoms with Crippen molar-refractivity contribution in [1.29, 1.82) is 0 Å². The number of hydrogen-bond acceptors (Lipinski definition) is 2. The first-order valence-corrected chi connectivity index (χ1v) is 9.60. The largest absolute Gasteiger partial charge is 0.321 e. The van der Waals surface area contributed by atoms with E-state index in [4.69, 9.17) is 11.6 Å². The lowest BCUT2D eigenvalue weighted by atomic mass is 10.0. The van der Waals surface area contributed by atoms with Crippen LogP contribution in [-0.2, 0) is 9.59 Å². The third-order valence-corrected chi connectivity index (χ3v) is 5.28. The average molecular weight is 454 g/mol. The molecule has 1 N–H and O–H groups in total. The number of hydrogen-bond donors (Lipinski definition) is 1. The smallest absolute Gasteiger partial charge is 0.255 e. The summed E-state index contributed by atoms with van der Waals surface area (Å²) in [5, 5.41) is 3.41. The van der Waals surface area contributed by atoms with E-state index in [-0.39, 0.29) is 11.8 Å². The van der Waals surface area contributed by atoms with E-state index in [2.05, 4.69) is 27.8 Å². The van der Waals surface area contributed by atoms with Crippen LogP contribution < -0.4 is 5.32 Å². The monoisotopic (exact) mass is 452 g/mol. The van der Waals surface area contributed by atoms with Crippen LogP contribution in [0.3, 0.4) is 0 Å². The van der Waals surface area contributed by atoms with E-state index >= 15 is 0 Å². The van der Waals surface area contributed by atoms with Crippen molar-refractivity contribution in [3.05, 3.63) is 105 Å². The van der Waals surface area contributed by atoms with Gasteiger partial charge in [-0.25, -0.2) is 0 Å². The van der Waals surface area contributed by atoms with Crippen LogP contribution >= 0.6 is 27.5 Å². The average Bonchev–Trinajstić information content (AvgIpc) is 3.17. The van der Waals surface area contributed by atoms with Gasteiger partial charge >= 0.3 is 0 Å². The van der Waals surface area contributed by atoms with Gasteiger partial charge in [-0.15, -0.1) is 0 Å². The van der Waals surface area contributed by atoms with Gasteiger partial charge < -0.3 is 5.32 Å². The molecule has 0 saturated carbocycles. The topological polar surface area (TPSA) is 49.4 Å². The van der Waals surface area contributed by atoms with Crippen LogP contribution in [0.2, 0.25) is 5.02 Å². The first-order valence-electron chi connectivity index (χ1n) is 8.43. The van der Waals surface area contributed by atoms with Crippen molar-refractivity contribution in [1.82, 2.24) is 10.2 Å². The number of nitrogens with one attached hydrogen (secondary N) is 1. The molecule has 4 rings (SSSR count). The molecule has 0 unspecified atom stereocenters. The van der Waals surface area contributed by atoms with Crippen LogP contribution in [0, 0.1) is 0 Å². The van der Waals surface area contributed by atoms with Crippen LogP contribution in [0.1, 0.15) is 11.1 Å². The molecule has 0 radical (unpaired) electrons. The summed E-state index contributed by atoms with van der Waals surface area (Å²) in [6.07, 6.45) is 4.66. The van der Waals surface area contributed by atoms with Crippen LogP contribution in [-0.4, -0.2) is 16.7 Å². The van der Waals surface area contributed by atoms with Crippen molar-refractivity contribution in [3.63, 3.8) is 0 Å². The predicted molar refractivity (Wildman–Crippen MR) is 114 cm³/mol. The number of halogens is 2. The molecular weight excluding hydrogens is 440 g/mol. The third-order valence-electron chi connectivity index (χ3n) is 4.50. The van der Waals surface area contributed by atoms with Crippen molar-refractivity contribution in [2.45, 2.75) is 0 Å². The minimum absolute atomic E-state index is 0.223. The summed E-state index contributed by atoms with van der Waals surface area (Å²) in [5.74, 6) is -0.453. The molecule has 0 aliphatic carbocycles. The number of carbonyl (C=O) groups is 2. The fourth-order valence-corrected chi connectivity index (χ4v) is 3.49. The standard InChI is InChI=1S/C22H14BrClN2O2/c1-13-18(14-4-8-17(24)9-5-14)11-22(28)26(13)12-20-19(10-21(27)25-20)15-2-6-16(23)7-3-15/h2-12H,1H2,(H,25,27)/b20-12-. The Hall–Kier alpha value is -2.89. The lowest BCUT2D eigenvalue weighted by Gasteiger charge is -2.17. The summed E-state index contributed by atoms with van der Waals surface area (Å²) in [6.45, 7) is 4.06. The molecule has 0 saturated heterocycles. The molecule has 0 bridgehead atoms. The van der Waals surface area contributed by atoms with Crippen LogP contribution in [0.4, 0.5) is 0 Å². The Labute approximate surface area is 175 Å². The molecule has 0 fully saturated rings. The van der Waals surface area contributed by atoms with Crippen molar-refractivity contribution in [3.8, 4) is 0 Å². The number of rotatable bonds is 3. The first kappa shape index (κ1) is 18.5. The van der Waals surface area contributed by atoms with Crippen molar-refractivity contribution in [2.24, 2.45) is 0 Å². The maximum Gasteiger partial charge on any atom is 0.255 e. The second-order valence-electron chi connectivity index (χ2n) is 6.32. The molecule has 2 amide bonds. The highest BCUT2D eigenvalue weighted by Crippen LogP contribution is 2.34. The first-order chi connectivity index (χ1) is 13.4. The summed E-state index contributed by atoms with van der Waals surface area (Å²) in [5.41, 5.74) is 4.25. The van der Waals surface area contributed by atoms with Gasteiger partial charge in [0.2, 0.25) is 5.91 Å². The lowest BCUT2D eigenvalue weighted by molar-refractivity contribution is -0.121. The number of nitrogens with zero attached hydrogens (tertiary/aromatic N) is 1. The van der Waals surface area contributed by atoms with Gasteiger partial charge in [0.15, 0.2) is 0 Å². The molecule has 28 heavy (non-hydrogen) atoms. The molecular formula is C22H14BrClN2O2. The Morgan fingerprint density at radius 1 is 0.929 bits per heavy atom. The highest BCUT2D eigenvalue weighted by molar-refractivity contribution is 9.10. The molecule has 2 aliphatic rings. The van der Waals surface area contributed by atoms with Gasteiger partial charge in [0, 0.05) is 44.7 Å². The Balaban J connectivity index is 1.65. The van der Waals surface area contributed by atoms with Crippen molar-refractivity contribution in [2.75, 3.05) is 0 Å². The number of amides is 2. The lowest BCUT2D eigenvalue weighted by Crippen LogP contribution is -2.22. The molecule has 2 heterocycles. The molecule has 0 atom stereocenters. The molecule has 0 aromatic heterocycles.